The predicted molar refractivity (Wildman–Crippen MR) is 86.6 cm³/mol. The fourth-order valence-electron chi connectivity index (χ4n) is 2.74. The average molecular weight is 254 g/mol. The van der Waals surface area contributed by atoms with Gasteiger partial charge >= 0.3 is 0 Å². The van der Waals surface area contributed by atoms with E-state index in [1.165, 1.54) is 6.42 Å². The summed E-state index contributed by atoms with van der Waals surface area (Å²) in [5.41, 5.74) is 0.711. The van der Waals surface area contributed by atoms with E-state index in [1.54, 1.807) is 0 Å². The van der Waals surface area contributed by atoms with Gasteiger partial charge in [-0.05, 0) is 37.5 Å². The van der Waals surface area contributed by atoms with Gasteiger partial charge in [0.1, 0.15) is 0 Å². The Hall–Kier alpha value is -0.220. The molecule has 0 aliphatic rings. The van der Waals surface area contributed by atoms with Gasteiger partial charge in [0.2, 0.25) is 0 Å². The molecule has 0 spiro atoms. The fraction of sp³-hybridized carbons (Fsp3) is 0.688. The van der Waals surface area contributed by atoms with Crippen molar-refractivity contribution in [3.8, 4) is 0 Å². The van der Waals surface area contributed by atoms with Crippen molar-refractivity contribution in [1.29, 1.82) is 0 Å². The zero-order valence-electron chi connectivity index (χ0n) is 13.0. The van der Waals surface area contributed by atoms with E-state index >= 15 is 0 Å². The van der Waals surface area contributed by atoms with Gasteiger partial charge < -0.3 is 0 Å². The largest absolute Gasteiger partial charge is 0.0940 e. The van der Waals surface area contributed by atoms with Crippen LogP contribution < -0.4 is 0 Å². The van der Waals surface area contributed by atoms with Crippen molar-refractivity contribution in [1.82, 2.24) is 0 Å². The quantitative estimate of drug-likeness (QED) is 0.451. The lowest BCUT2D eigenvalue weighted by molar-refractivity contribution is 0.285. The van der Waals surface area contributed by atoms with Gasteiger partial charge in [0.15, 0.2) is 0 Å². The Kier molecular flexibility index (Phi) is 6.02. The molecule has 0 N–H and O–H groups in total. The van der Waals surface area contributed by atoms with E-state index in [2.05, 4.69) is 84.7 Å². The summed E-state index contributed by atoms with van der Waals surface area (Å²) in [6.07, 6.45) is 7.63. The van der Waals surface area contributed by atoms with Crippen molar-refractivity contribution in [3.63, 3.8) is 0 Å². The van der Waals surface area contributed by atoms with Gasteiger partial charge in [-0.15, -0.1) is 0 Å². The third-order valence-corrected chi connectivity index (χ3v) is 4.75. The van der Waals surface area contributed by atoms with Crippen molar-refractivity contribution in [3.05, 3.63) is 24.0 Å². The van der Waals surface area contributed by atoms with Crippen LogP contribution >= 0.6 is 6.89 Å². The highest BCUT2D eigenvalue weighted by atomic mass is 31.2. The Balaban J connectivity index is 4.97. The molecule has 0 heterocycles. The molecule has 0 nitrogen and oxygen atoms in total. The monoisotopic (exact) mass is 254 g/mol. The minimum Gasteiger partial charge on any atom is -0.0940 e. The summed E-state index contributed by atoms with van der Waals surface area (Å²) in [6.45, 7) is 17.5. The number of allylic oxidation sites excluding steroid dienone is 3. The molecule has 100 valence electrons. The normalized spacial score (nSPS) is 14.8. The molecule has 1 heteroatoms. The molecule has 0 unspecified atom stereocenters. The molecule has 0 radical (unpaired) electrons. The van der Waals surface area contributed by atoms with Crippen LogP contribution in [0, 0.1) is 10.8 Å². The molecule has 0 saturated heterocycles. The van der Waals surface area contributed by atoms with Crippen LogP contribution in [0.25, 0.3) is 0 Å². The summed E-state index contributed by atoms with van der Waals surface area (Å²) in [6, 6.07) is 0. The summed E-state index contributed by atoms with van der Waals surface area (Å²) in [5.74, 6) is 4.97. The highest BCUT2D eigenvalue weighted by molar-refractivity contribution is 7.76. The number of hydrogen-bond donors (Lipinski definition) is 0. The maximum absolute atomic E-state index is 2.59. The molecule has 0 aliphatic carbocycles. The van der Waals surface area contributed by atoms with Gasteiger partial charge in [0.05, 0.1) is 0 Å². The lowest BCUT2D eigenvalue weighted by Gasteiger charge is -2.32. The first-order valence-electron chi connectivity index (χ1n) is 6.48. The van der Waals surface area contributed by atoms with Gasteiger partial charge in [0.25, 0.3) is 0 Å². The van der Waals surface area contributed by atoms with Gasteiger partial charge in [-0.2, -0.15) is 0 Å². The Bertz CT molecular complexity index is 329. The standard InChI is InChI=1S/C16H31P/c1-9-10-11-12-17(7,8)14-16(5,6)13-15(2,3)4/h9-12,14H,13H2,1-8H3/b10-9-,12-11-. The second-order valence-electron chi connectivity index (χ2n) is 7.35. The van der Waals surface area contributed by atoms with E-state index in [0.717, 1.165) is 0 Å². The Morgan fingerprint density at radius 1 is 0.941 bits per heavy atom. The van der Waals surface area contributed by atoms with Gasteiger partial charge in [-0.25, -0.2) is 0 Å². The predicted octanol–water partition coefficient (Wildman–Crippen LogP) is 5.62. The van der Waals surface area contributed by atoms with E-state index < -0.39 is 6.89 Å². The average Bonchev–Trinajstić information content (AvgIpc) is 1.96. The van der Waals surface area contributed by atoms with Crippen LogP contribution in [-0.2, 0) is 0 Å². The maximum Gasteiger partial charge on any atom is -0.0163 e. The fourth-order valence-corrected chi connectivity index (χ4v) is 5.26. The molecule has 0 amide bonds. The molecule has 0 rings (SSSR count). The van der Waals surface area contributed by atoms with E-state index in [9.17, 15) is 0 Å². The number of hydrogen-bond acceptors (Lipinski definition) is 0. The van der Waals surface area contributed by atoms with Crippen LogP contribution in [0.5, 0.6) is 0 Å². The van der Waals surface area contributed by atoms with E-state index in [4.69, 9.17) is 0 Å². The number of rotatable bonds is 4. The summed E-state index contributed by atoms with van der Waals surface area (Å²) >= 11 is 0. The third kappa shape index (κ3) is 9.48. The van der Waals surface area contributed by atoms with E-state index in [1.807, 2.05) is 0 Å². The van der Waals surface area contributed by atoms with Crippen LogP contribution in [0.1, 0.15) is 48.0 Å². The molecule has 0 aliphatic heterocycles. The SMILES string of the molecule is C/C=C\C=C/P(C)(C)=CC(C)(C)CC(C)(C)C. The molecular weight excluding hydrogens is 223 g/mol. The van der Waals surface area contributed by atoms with Crippen LogP contribution in [0.2, 0.25) is 0 Å². The van der Waals surface area contributed by atoms with Gasteiger partial charge in [0, 0.05) is 0 Å². The molecule has 0 atom stereocenters. The van der Waals surface area contributed by atoms with Gasteiger partial charge in [-0.1, -0.05) is 71.3 Å². The van der Waals surface area contributed by atoms with Crippen molar-refractivity contribution in [2.24, 2.45) is 10.8 Å². The Morgan fingerprint density at radius 2 is 1.47 bits per heavy atom. The first-order chi connectivity index (χ1) is 7.47. The van der Waals surface area contributed by atoms with E-state index in [0.29, 0.717) is 10.8 Å². The molecule has 0 bridgehead atoms. The van der Waals surface area contributed by atoms with Crippen molar-refractivity contribution in [2.45, 2.75) is 48.0 Å². The smallest absolute Gasteiger partial charge is 0.0163 e. The zero-order chi connectivity index (χ0) is 13.7. The maximum atomic E-state index is 2.59. The second-order valence-corrected chi connectivity index (χ2v) is 11.2. The minimum absolute atomic E-state index is 0.315. The van der Waals surface area contributed by atoms with E-state index in [-0.39, 0.29) is 0 Å². The minimum atomic E-state index is -1.04. The summed E-state index contributed by atoms with van der Waals surface area (Å²) in [4.78, 5) is 0. The zero-order valence-corrected chi connectivity index (χ0v) is 13.9. The summed E-state index contributed by atoms with van der Waals surface area (Å²) in [7, 11) is 0. The highest BCUT2D eigenvalue weighted by Crippen LogP contribution is 2.45. The van der Waals surface area contributed by atoms with Crippen molar-refractivity contribution >= 4 is 12.7 Å². The van der Waals surface area contributed by atoms with Crippen molar-refractivity contribution in [2.75, 3.05) is 13.3 Å². The second kappa shape index (κ2) is 6.10. The molecular formula is C16H31P. The van der Waals surface area contributed by atoms with Crippen molar-refractivity contribution < 1.29 is 0 Å². The Morgan fingerprint density at radius 3 is 1.88 bits per heavy atom. The molecule has 17 heavy (non-hydrogen) atoms. The van der Waals surface area contributed by atoms with Crippen LogP contribution in [0.3, 0.4) is 0 Å². The molecule has 0 aromatic carbocycles. The third-order valence-electron chi connectivity index (χ3n) is 2.44. The topological polar surface area (TPSA) is 0 Å². The Labute approximate surface area is 109 Å². The summed E-state index contributed by atoms with van der Waals surface area (Å²) in [5, 5.41) is 0. The molecule has 0 aromatic heterocycles. The van der Waals surface area contributed by atoms with Crippen LogP contribution in [-0.4, -0.2) is 19.1 Å². The first-order valence-corrected chi connectivity index (χ1v) is 9.31. The molecule has 0 saturated carbocycles. The molecule has 0 aromatic rings. The van der Waals surface area contributed by atoms with Crippen LogP contribution in [0.4, 0.5) is 0 Å². The van der Waals surface area contributed by atoms with Gasteiger partial charge in [-0.3, -0.25) is 0 Å². The van der Waals surface area contributed by atoms with Crippen LogP contribution in [0.15, 0.2) is 24.0 Å². The highest BCUT2D eigenvalue weighted by Gasteiger charge is 2.24. The lowest BCUT2D eigenvalue weighted by Crippen LogP contribution is -2.22. The molecule has 0 fully saturated rings. The first kappa shape index (κ1) is 16.8. The lowest BCUT2D eigenvalue weighted by atomic mass is 9.78. The summed E-state index contributed by atoms with van der Waals surface area (Å²) < 4.78 is 0.